The number of benzene rings is 1. The van der Waals surface area contributed by atoms with Crippen molar-refractivity contribution < 1.29 is 4.74 Å². The Morgan fingerprint density at radius 3 is 3.11 bits per heavy atom. The molecule has 1 aromatic rings. The molecule has 0 amide bonds. The van der Waals surface area contributed by atoms with Crippen molar-refractivity contribution >= 4 is 41.3 Å². The summed E-state index contributed by atoms with van der Waals surface area (Å²) in [5, 5.41) is 6.43. The van der Waals surface area contributed by atoms with Gasteiger partial charge in [-0.25, -0.2) is 0 Å². The van der Waals surface area contributed by atoms with Crippen LogP contribution in [0.25, 0.3) is 0 Å². The molecule has 0 aromatic heterocycles. The van der Waals surface area contributed by atoms with E-state index in [2.05, 4.69) is 33.6 Å². The topological polar surface area (TPSA) is 48.9 Å². The molecule has 0 saturated heterocycles. The number of hydrogen-bond acceptors (Lipinski definition) is 5. The van der Waals surface area contributed by atoms with Crippen molar-refractivity contribution in [3.05, 3.63) is 18.2 Å². The van der Waals surface area contributed by atoms with E-state index in [9.17, 15) is 0 Å². The Morgan fingerprint density at radius 2 is 2.33 bits per heavy atom. The third kappa shape index (κ3) is 2.63. The normalized spacial score (nSPS) is 16.9. The first-order valence-electron chi connectivity index (χ1n) is 5.86. The van der Waals surface area contributed by atoms with Crippen molar-refractivity contribution in [1.29, 1.82) is 0 Å². The maximum absolute atomic E-state index is 5.66. The van der Waals surface area contributed by atoms with Gasteiger partial charge in [-0.05, 0) is 12.1 Å². The summed E-state index contributed by atoms with van der Waals surface area (Å²) in [6, 6.07) is 6.15. The van der Waals surface area contributed by atoms with Crippen LogP contribution in [0, 0.1) is 0 Å². The molecule has 2 aliphatic heterocycles. The number of aliphatic imine (C=N–C) groups is 1. The first kappa shape index (κ1) is 13.3. The van der Waals surface area contributed by atoms with Gasteiger partial charge in [-0.1, -0.05) is 0 Å². The summed E-state index contributed by atoms with van der Waals surface area (Å²) in [7, 11) is 2.08. The van der Waals surface area contributed by atoms with Crippen molar-refractivity contribution in [3.8, 4) is 5.75 Å². The minimum absolute atomic E-state index is 0. The Balaban J connectivity index is 0.00000120. The Kier molecular flexibility index (Phi) is 4.15. The summed E-state index contributed by atoms with van der Waals surface area (Å²) in [5.74, 6) is 1.77. The molecule has 2 aliphatic rings. The second-order valence-electron chi connectivity index (χ2n) is 4.23. The highest BCUT2D eigenvalue weighted by atomic mass is 127. The molecule has 2 N–H and O–H groups in total. The van der Waals surface area contributed by atoms with Gasteiger partial charge in [0.05, 0.1) is 18.8 Å². The van der Waals surface area contributed by atoms with Crippen molar-refractivity contribution in [2.24, 2.45) is 4.99 Å². The maximum Gasteiger partial charge on any atom is 0.195 e. The zero-order chi connectivity index (χ0) is 11.7. The average molecular weight is 360 g/mol. The van der Waals surface area contributed by atoms with Gasteiger partial charge in [-0.2, -0.15) is 0 Å². The fourth-order valence-corrected chi connectivity index (χ4v) is 2.05. The smallest absolute Gasteiger partial charge is 0.195 e. The Labute approximate surface area is 124 Å². The van der Waals surface area contributed by atoms with Crippen LogP contribution in [-0.4, -0.2) is 39.2 Å². The lowest BCUT2D eigenvalue weighted by atomic mass is 10.2. The van der Waals surface area contributed by atoms with E-state index in [1.807, 2.05) is 12.1 Å². The van der Waals surface area contributed by atoms with Gasteiger partial charge < -0.3 is 20.3 Å². The number of guanidine groups is 1. The summed E-state index contributed by atoms with van der Waals surface area (Å²) in [5.41, 5.74) is 2.15. The number of halogens is 1. The van der Waals surface area contributed by atoms with Gasteiger partial charge in [0, 0.05) is 25.3 Å². The zero-order valence-electron chi connectivity index (χ0n) is 10.3. The lowest BCUT2D eigenvalue weighted by Gasteiger charge is -2.28. The molecule has 0 radical (unpaired) electrons. The van der Waals surface area contributed by atoms with E-state index in [0.717, 1.165) is 49.3 Å². The predicted molar refractivity (Wildman–Crippen MR) is 84.5 cm³/mol. The van der Waals surface area contributed by atoms with E-state index >= 15 is 0 Å². The summed E-state index contributed by atoms with van der Waals surface area (Å²) < 4.78 is 5.66. The molecule has 18 heavy (non-hydrogen) atoms. The number of nitrogens with zero attached hydrogens (tertiary/aromatic N) is 2. The van der Waals surface area contributed by atoms with E-state index in [4.69, 9.17) is 4.74 Å². The van der Waals surface area contributed by atoms with Crippen LogP contribution < -0.4 is 20.3 Å². The van der Waals surface area contributed by atoms with Crippen molar-refractivity contribution in [3.63, 3.8) is 0 Å². The van der Waals surface area contributed by atoms with Gasteiger partial charge in [0.25, 0.3) is 0 Å². The molecule has 0 spiro atoms. The lowest BCUT2D eigenvalue weighted by Crippen LogP contribution is -2.29. The highest BCUT2D eigenvalue weighted by Gasteiger charge is 2.15. The SMILES string of the molecule is CN1CCOc2cc(NC3=NCCN3)ccc21.I. The number of likely N-dealkylation sites (N-methyl/N-ethyl adjacent to an activating group) is 1. The fourth-order valence-electron chi connectivity index (χ4n) is 2.05. The number of hydrogen-bond donors (Lipinski definition) is 2. The number of anilines is 2. The molecule has 0 unspecified atom stereocenters. The summed E-state index contributed by atoms with van der Waals surface area (Å²) in [6.07, 6.45) is 0. The van der Waals surface area contributed by atoms with Crippen LogP contribution in [0.4, 0.5) is 11.4 Å². The van der Waals surface area contributed by atoms with Gasteiger partial charge in [-0.3, -0.25) is 4.99 Å². The molecule has 2 heterocycles. The van der Waals surface area contributed by atoms with Crippen molar-refractivity contribution in [1.82, 2.24) is 5.32 Å². The molecule has 0 fully saturated rings. The molecule has 0 atom stereocenters. The number of ether oxygens (including phenoxy) is 1. The Bertz CT molecular complexity index is 463. The van der Waals surface area contributed by atoms with Gasteiger partial charge >= 0.3 is 0 Å². The highest BCUT2D eigenvalue weighted by molar-refractivity contribution is 14.0. The first-order chi connectivity index (χ1) is 8.33. The van der Waals surface area contributed by atoms with Gasteiger partial charge in [0.15, 0.2) is 5.96 Å². The molecule has 0 aliphatic carbocycles. The van der Waals surface area contributed by atoms with Crippen LogP contribution in [0.5, 0.6) is 5.75 Å². The van der Waals surface area contributed by atoms with Crippen LogP contribution in [0.2, 0.25) is 0 Å². The summed E-state index contributed by atoms with van der Waals surface area (Å²) in [4.78, 5) is 6.50. The minimum atomic E-state index is 0. The van der Waals surface area contributed by atoms with Crippen LogP contribution in [0.15, 0.2) is 23.2 Å². The number of fused-ring (bicyclic) bond motifs is 1. The van der Waals surface area contributed by atoms with Gasteiger partial charge in [0.1, 0.15) is 12.4 Å². The molecular weight excluding hydrogens is 343 g/mol. The van der Waals surface area contributed by atoms with E-state index in [1.54, 1.807) is 0 Å². The average Bonchev–Trinajstić information content (AvgIpc) is 2.82. The van der Waals surface area contributed by atoms with Crippen LogP contribution >= 0.6 is 24.0 Å². The lowest BCUT2D eigenvalue weighted by molar-refractivity contribution is 0.311. The van der Waals surface area contributed by atoms with E-state index in [0.29, 0.717) is 0 Å². The quantitative estimate of drug-likeness (QED) is 0.746. The predicted octanol–water partition coefficient (Wildman–Crippen LogP) is 1.50. The number of rotatable bonds is 1. The first-order valence-corrected chi connectivity index (χ1v) is 5.86. The molecule has 5 nitrogen and oxygen atoms in total. The van der Waals surface area contributed by atoms with Gasteiger partial charge in [-0.15, -0.1) is 24.0 Å². The third-order valence-electron chi connectivity index (χ3n) is 2.99. The van der Waals surface area contributed by atoms with Crippen molar-refractivity contribution in [2.45, 2.75) is 0 Å². The molecule has 0 saturated carbocycles. The summed E-state index contributed by atoms with van der Waals surface area (Å²) in [6.45, 7) is 3.43. The molecule has 0 bridgehead atoms. The van der Waals surface area contributed by atoms with Crippen LogP contribution in [0.1, 0.15) is 0 Å². The largest absolute Gasteiger partial charge is 0.489 e. The molecule has 3 rings (SSSR count). The van der Waals surface area contributed by atoms with E-state index in [-0.39, 0.29) is 24.0 Å². The highest BCUT2D eigenvalue weighted by Crippen LogP contribution is 2.33. The second-order valence-corrected chi connectivity index (χ2v) is 4.23. The van der Waals surface area contributed by atoms with Crippen molar-refractivity contribution in [2.75, 3.05) is 43.5 Å². The zero-order valence-corrected chi connectivity index (χ0v) is 12.6. The fraction of sp³-hybridized carbons (Fsp3) is 0.417. The monoisotopic (exact) mass is 360 g/mol. The third-order valence-corrected chi connectivity index (χ3v) is 2.99. The molecule has 6 heteroatoms. The second kappa shape index (κ2) is 5.64. The van der Waals surface area contributed by atoms with E-state index in [1.165, 1.54) is 0 Å². The molecule has 1 aromatic carbocycles. The van der Waals surface area contributed by atoms with E-state index < -0.39 is 0 Å². The minimum Gasteiger partial charge on any atom is -0.489 e. The van der Waals surface area contributed by atoms with Gasteiger partial charge in [0.2, 0.25) is 0 Å². The molecular formula is C12H17IN4O. The van der Waals surface area contributed by atoms with Crippen LogP contribution in [0.3, 0.4) is 0 Å². The molecule has 98 valence electrons. The maximum atomic E-state index is 5.66. The summed E-state index contributed by atoms with van der Waals surface area (Å²) >= 11 is 0. The number of nitrogens with one attached hydrogen (secondary N) is 2. The standard InChI is InChI=1S/C12H16N4O.HI/c1-16-6-7-17-11-8-9(2-3-10(11)16)15-12-13-4-5-14-12;/h2-3,8H,4-7H2,1H3,(H2,13,14,15);1H. The Morgan fingerprint density at radius 1 is 1.44 bits per heavy atom. The Hall–Kier alpha value is -1.18. The van der Waals surface area contributed by atoms with Crippen LogP contribution in [-0.2, 0) is 0 Å².